The van der Waals surface area contributed by atoms with Gasteiger partial charge in [0.15, 0.2) is 12.2 Å². The highest BCUT2D eigenvalue weighted by atomic mass is 31.2. The van der Waals surface area contributed by atoms with Crippen LogP contribution in [0.1, 0.15) is 388 Å². The van der Waals surface area contributed by atoms with Crippen LogP contribution in [0.25, 0.3) is 0 Å². The molecule has 0 aliphatic carbocycles. The molecule has 0 fully saturated rings. The van der Waals surface area contributed by atoms with Gasteiger partial charge >= 0.3 is 39.5 Å². The molecule has 0 rings (SSSR count). The van der Waals surface area contributed by atoms with Crippen molar-refractivity contribution in [3.63, 3.8) is 0 Å². The molecule has 3 N–H and O–H groups in total. The number of carbonyl (C=O) groups is 4. The lowest BCUT2D eigenvalue weighted by atomic mass is 9.99. The standard InChI is InChI=1S/C75H146O17P2/c1-7-10-12-14-16-18-19-20-21-22-23-27-30-34-40-46-52-58-73(78)86-63-70(91-74(79)59-53-47-41-35-31-28-25-24-26-29-33-38-44-50-56-68(6)9-3)65-89-93(81,82)87-61-69(76)62-88-94(83,84)90-66-71(64-85-72(77)57-51-45-39-32-17-15-13-11-8-2)92-75(80)60-54-48-42-36-37-43-49-55-67(4)5/h67-71,76H,7-66H2,1-6H3,(H,81,82)(H,83,84)/t68?,69-,70-,71-/m1/s1. The molecule has 17 nitrogen and oxygen atoms in total. The number of unbranched alkanes of at least 4 members (excludes halogenated alkanes) is 43. The Morgan fingerprint density at radius 3 is 0.809 bits per heavy atom. The summed E-state index contributed by atoms with van der Waals surface area (Å²) in [5.74, 6) is -0.578. The fraction of sp³-hybridized carbons (Fsp3) is 0.947. The average Bonchev–Trinajstić information content (AvgIpc) is 3.71. The van der Waals surface area contributed by atoms with E-state index < -0.39 is 97.5 Å². The van der Waals surface area contributed by atoms with Crippen molar-refractivity contribution >= 4 is 39.5 Å². The highest BCUT2D eigenvalue weighted by Gasteiger charge is 2.30. The summed E-state index contributed by atoms with van der Waals surface area (Å²) in [5, 5.41) is 10.6. The van der Waals surface area contributed by atoms with Crippen LogP contribution in [0.2, 0.25) is 0 Å². The third-order valence-electron chi connectivity index (χ3n) is 17.8. The van der Waals surface area contributed by atoms with E-state index in [1.54, 1.807) is 0 Å². The van der Waals surface area contributed by atoms with Crippen molar-refractivity contribution in [2.24, 2.45) is 11.8 Å². The molecular weight excluding hydrogens is 1230 g/mol. The second kappa shape index (κ2) is 66.9. The van der Waals surface area contributed by atoms with Crippen LogP contribution in [0.4, 0.5) is 0 Å². The summed E-state index contributed by atoms with van der Waals surface area (Å²) in [6.45, 7) is 9.56. The Labute approximate surface area is 575 Å². The molecule has 0 aliphatic rings. The molecule has 3 unspecified atom stereocenters. The molecule has 6 atom stereocenters. The first-order chi connectivity index (χ1) is 45.4. The Kier molecular flexibility index (Phi) is 65.5. The fourth-order valence-electron chi connectivity index (χ4n) is 11.4. The third kappa shape index (κ3) is 67.3. The third-order valence-corrected chi connectivity index (χ3v) is 19.7. The number of ether oxygens (including phenoxy) is 4. The van der Waals surface area contributed by atoms with E-state index in [1.807, 2.05) is 0 Å². The van der Waals surface area contributed by atoms with Crippen LogP contribution in [0.5, 0.6) is 0 Å². The summed E-state index contributed by atoms with van der Waals surface area (Å²) in [7, 11) is -9.91. The molecule has 0 bridgehead atoms. The van der Waals surface area contributed by atoms with Crippen LogP contribution in [0.15, 0.2) is 0 Å². The molecule has 0 spiro atoms. The van der Waals surface area contributed by atoms with Crippen LogP contribution in [0.3, 0.4) is 0 Å². The molecule has 0 aromatic carbocycles. The summed E-state index contributed by atoms with van der Waals surface area (Å²) >= 11 is 0. The number of carbonyl (C=O) groups excluding carboxylic acids is 4. The molecule has 0 saturated carbocycles. The zero-order valence-corrected chi connectivity index (χ0v) is 63.1. The minimum absolute atomic E-state index is 0.104. The number of esters is 4. The maximum absolute atomic E-state index is 13.1. The SMILES string of the molecule is CCCCCCCCCCCCCCCCCCCC(=O)OC[C@H](COP(=O)(O)OC[C@@H](O)COP(=O)(O)OC[C@@H](COC(=O)CCCCCCCCCCC)OC(=O)CCCCCCCCCC(C)C)OC(=O)CCCCCCCCCCCCCCCCC(C)CC. The maximum atomic E-state index is 13.1. The van der Waals surface area contributed by atoms with Gasteiger partial charge in [0, 0.05) is 25.7 Å². The van der Waals surface area contributed by atoms with Gasteiger partial charge in [0.2, 0.25) is 0 Å². The molecule has 0 saturated heterocycles. The van der Waals surface area contributed by atoms with Crippen molar-refractivity contribution in [3.8, 4) is 0 Å². The zero-order chi connectivity index (χ0) is 69.3. The van der Waals surface area contributed by atoms with Crippen LogP contribution in [0, 0.1) is 11.8 Å². The second-order valence-corrected chi connectivity index (χ2v) is 30.7. The minimum atomic E-state index is -4.96. The largest absolute Gasteiger partial charge is 0.472 e. The van der Waals surface area contributed by atoms with Gasteiger partial charge in [0.1, 0.15) is 19.3 Å². The molecular formula is C75H146O17P2. The topological polar surface area (TPSA) is 237 Å². The number of aliphatic hydroxyl groups excluding tert-OH is 1. The molecule has 19 heteroatoms. The first-order valence-corrected chi connectivity index (χ1v) is 42.0. The van der Waals surface area contributed by atoms with Gasteiger partial charge in [-0.2, -0.15) is 0 Å². The van der Waals surface area contributed by atoms with Crippen LogP contribution >= 0.6 is 15.6 Å². The normalized spacial score (nSPS) is 14.3. The van der Waals surface area contributed by atoms with E-state index in [0.717, 1.165) is 95.8 Å². The van der Waals surface area contributed by atoms with E-state index in [2.05, 4.69) is 41.5 Å². The Bertz CT molecular complexity index is 1820. The van der Waals surface area contributed by atoms with Gasteiger partial charge in [-0.05, 0) is 37.5 Å². The van der Waals surface area contributed by atoms with Crippen molar-refractivity contribution in [3.05, 3.63) is 0 Å². The van der Waals surface area contributed by atoms with Gasteiger partial charge in [-0.15, -0.1) is 0 Å². The van der Waals surface area contributed by atoms with Gasteiger partial charge in [0.25, 0.3) is 0 Å². The molecule has 0 aliphatic heterocycles. The number of hydrogen-bond donors (Lipinski definition) is 3. The van der Waals surface area contributed by atoms with Gasteiger partial charge < -0.3 is 33.8 Å². The molecule has 0 heterocycles. The lowest BCUT2D eigenvalue weighted by Crippen LogP contribution is -2.30. The highest BCUT2D eigenvalue weighted by Crippen LogP contribution is 2.45. The summed E-state index contributed by atoms with van der Waals surface area (Å²) in [6.07, 6.45) is 54.2. The molecule has 0 radical (unpaired) electrons. The number of phosphoric acid groups is 2. The summed E-state index contributed by atoms with van der Waals surface area (Å²) in [5.41, 5.74) is 0. The minimum Gasteiger partial charge on any atom is -0.462 e. The summed E-state index contributed by atoms with van der Waals surface area (Å²) in [4.78, 5) is 72.7. The van der Waals surface area contributed by atoms with E-state index in [1.165, 1.54) is 205 Å². The van der Waals surface area contributed by atoms with Gasteiger partial charge in [0.05, 0.1) is 26.4 Å². The van der Waals surface area contributed by atoms with E-state index in [0.29, 0.717) is 31.6 Å². The summed E-state index contributed by atoms with van der Waals surface area (Å²) in [6, 6.07) is 0. The van der Waals surface area contributed by atoms with Crippen molar-refractivity contribution in [2.45, 2.75) is 407 Å². The predicted octanol–water partition coefficient (Wildman–Crippen LogP) is 21.9. The van der Waals surface area contributed by atoms with Crippen molar-refractivity contribution in [2.75, 3.05) is 39.6 Å². The quantitative estimate of drug-likeness (QED) is 0.0222. The van der Waals surface area contributed by atoms with Crippen LogP contribution < -0.4 is 0 Å². The lowest BCUT2D eigenvalue weighted by molar-refractivity contribution is -0.161. The lowest BCUT2D eigenvalue weighted by Gasteiger charge is -2.21. The first-order valence-electron chi connectivity index (χ1n) is 39.0. The highest BCUT2D eigenvalue weighted by molar-refractivity contribution is 7.47. The maximum Gasteiger partial charge on any atom is 0.472 e. The Hall–Kier alpha value is -1.94. The summed E-state index contributed by atoms with van der Waals surface area (Å²) < 4.78 is 68.4. The van der Waals surface area contributed by atoms with E-state index in [9.17, 15) is 43.2 Å². The van der Waals surface area contributed by atoms with E-state index in [4.69, 9.17) is 37.0 Å². The van der Waals surface area contributed by atoms with Crippen LogP contribution in [-0.2, 0) is 65.4 Å². The number of phosphoric ester groups is 2. The molecule has 0 aromatic rings. The van der Waals surface area contributed by atoms with Crippen molar-refractivity contribution in [1.82, 2.24) is 0 Å². The molecule has 94 heavy (non-hydrogen) atoms. The number of aliphatic hydroxyl groups is 1. The monoisotopic (exact) mass is 1380 g/mol. The molecule has 0 amide bonds. The van der Waals surface area contributed by atoms with Crippen molar-refractivity contribution in [1.29, 1.82) is 0 Å². The van der Waals surface area contributed by atoms with Crippen LogP contribution in [-0.4, -0.2) is 96.7 Å². The zero-order valence-electron chi connectivity index (χ0n) is 61.3. The smallest absolute Gasteiger partial charge is 0.462 e. The fourth-order valence-corrected chi connectivity index (χ4v) is 13.0. The first kappa shape index (κ1) is 92.1. The molecule has 558 valence electrons. The number of hydrogen-bond acceptors (Lipinski definition) is 15. The predicted molar refractivity (Wildman–Crippen MR) is 381 cm³/mol. The number of rotatable bonds is 74. The van der Waals surface area contributed by atoms with Crippen molar-refractivity contribution < 1.29 is 80.2 Å². The van der Waals surface area contributed by atoms with Gasteiger partial charge in [-0.25, -0.2) is 9.13 Å². The molecule has 0 aromatic heterocycles. The Morgan fingerprint density at radius 1 is 0.309 bits per heavy atom. The van der Waals surface area contributed by atoms with Gasteiger partial charge in [-0.1, -0.05) is 337 Å². The second-order valence-electron chi connectivity index (χ2n) is 27.8. The van der Waals surface area contributed by atoms with E-state index in [-0.39, 0.29) is 25.7 Å². The average molecular weight is 1380 g/mol. The Balaban J connectivity index is 5.21. The Morgan fingerprint density at radius 2 is 0.543 bits per heavy atom. The van der Waals surface area contributed by atoms with E-state index >= 15 is 0 Å². The van der Waals surface area contributed by atoms with Gasteiger partial charge in [-0.3, -0.25) is 37.3 Å².